The molecule has 2 rings (SSSR count). The minimum absolute atomic E-state index is 0.0641. The highest BCUT2D eigenvalue weighted by atomic mass is 16.5. The first-order valence-corrected chi connectivity index (χ1v) is 6.59. The predicted octanol–water partition coefficient (Wildman–Crippen LogP) is 2.29. The first kappa shape index (κ1) is 15.2. The van der Waals surface area contributed by atoms with E-state index in [1.807, 2.05) is 0 Å². The Labute approximate surface area is 122 Å². The second-order valence-electron chi connectivity index (χ2n) is 5.22. The Morgan fingerprint density at radius 1 is 1.38 bits per heavy atom. The molecule has 1 aliphatic rings. The molecule has 0 aliphatic carbocycles. The molecule has 21 heavy (non-hydrogen) atoms. The largest absolute Gasteiger partial charge is 0.493 e. The minimum atomic E-state index is -0.921. The van der Waals surface area contributed by atoms with Gasteiger partial charge in [0.05, 0.1) is 26.2 Å². The zero-order valence-corrected chi connectivity index (χ0v) is 12.3. The molecule has 114 valence electrons. The normalized spacial score (nSPS) is 20.4. The maximum Gasteiger partial charge on any atom is 0.303 e. The topological polar surface area (TPSA) is 82.1 Å². The molecule has 0 aromatic heterocycles. The average molecular weight is 294 g/mol. The zero-order valence-electron chi connectivity index (χ0n) is 12.3. The fraction of sp³-hybridized carbons (Fsp3) is 0.467. The van der Waals surface area contributed by atoms with Crippen molar-refractivity contribution in [3.63, 3.8) is 0 Å². The number of Topliss-reactive ketones (excluding diaryl/α,β-unsaturated/α-hetero) is 1. The molecule has 0 fully saturated rings. The Morgan fingerprint density at radius 2 is 2.10 bits per heavy atom. The van der Waals surface area contributed by atoms with Gasteiger partial charge in [-0.05, 0) is 25.5 Å². The molecule has 1 heterocycles. The number of hydrogen-bond donors (Lipinski definition) is 1. The van der Waals surface area contributed by atoms with Crippen molar-refractivity contribution in [3.8, 4) is 17.2 Å². The van der Waals surface area contributed by atoms with E-state index in [4.69, 9.17) is 19.3 Å². The average Bonchev–Trinajstić information content (AvgIpc) is 2.44. The maximum absolute atomic E-state index is 12.3. The van der Waals surface area contributed by atoms with Crippen molar-refractivity contribution in [2.24, 2.45) is 0 Å². The van der Waals surface area contributed by atoms with E-state index in [1.54, 1.807) is 19.1 Å². The van der Waals surface area contributed by atoms with Crippen molar-refractivity contribution in [1.29, 1.82) is 0 Å². The van der Waals surface area contributed by atoms with Crippen molar-refractivity contribution in [2.45, 2.75) is 31.8 Å². The molecule has 1 aliphatic heterocycles. The molecular weight excluding hydrogens is 276 g/mol. The summed E-state index contributed by atoms with van der Waals surface area (Å²) < 4.78 is 16.4. The van der Waals surface area contributed by atoms with E-state index in [2.05, 4.69) is 0 Å². The number of methoxy groups -OCH3 is 2. The molecule has 1 aromatic carbocycles. The highest BCUT2D eigenvalue weighted by molar-refractivity contribution is 6.01. The minimum Gasteiger partial charge on any atom is -0.493 e. The van der Waals surface area contributed by atoms with Crippen molar-refractivity contribution in [1.82, 2.24) is 0 Å². The summed E-state index contributed by atoms with van der Waals surface area (Å²) in [6.07, 6.45) is 0.321. The van der Waals surface area contributed by atoms with Crippen molar-refractivity contribution in [2.75, 3.05) is 14.2 Å². The van der Waals surface area contributed by atoms with Gasteiger partial charge in [0.1, 0.15) is 5.60 Å². The Bertz CT molecular complexity index is 580. The molecule has 1 atom stereocenters. The SMILES string of the molecule is COc1ccc2c(c1OC)OC(C)(CCC(=O)O)CC2=O. The third kappa shape index (κ3) is 2.94. The highest BCUT2D eigenvalue weighted by Gasteiger charge is 2.39. The molecule has 0 spiro atoms. The summed E-state index contributed by atoms with van der Waals surface area (Å²) in [7, 11) is 2.97. The Morgan fingerprint density at radius 3 is 2.67 bits per heavy atom. The standard InChI is InChI=1S/C15H18O6/c1-15(7-6-12(17)18)8-10(16)9-4-5-11(19-2)14(20-3)13(9)21-15/h4-5H,6-8H2,1-3H3,(H,17,18). The van der Waals surface area contributed by atoms with Crippen molar-refractivity contribution in [3.05, 3.63) is 17.7 Å². The Hall–Kier alpha value is -2.24. The molecule has 0 amide bonds. The predicted molar refractivity (Wildman–Crippen MR) is 74.4 cm³/mol. The zero-order chi connectivity index (χ0) is 15.6. The van der Waals surface area contributed by atoms with Gasteiger partial charge in [-0.2, -0.15) is 0 Å². The number of carboxylic acid groups (broad SMARTS) is 1. The first-order chi connectivity index (χ1) is 9.90. The van der Waals surface area contributed by atoms with Crippen LogP contribution in [0.5, 0.6) is 17.2 Å². The van der Waals surface area contributed by atoms with E-state index in [9.17, 15) is 9.59 Å². The number of carbonyl (C=O) groups excluding carboxylic acids is 1. The van der Waals surface area contributed by atoms with Gasteiger partial charge in [-0.25, -0.2) is 0 Å². The summed E-state index contributed by atoms with van der Waals surface area (Å²) in [5, 5.41) is 8.82. The number of benzene rings is 1. The smallest absolute Gasteiger partial charge is 0.303 e. The van der Waals surface area contributed by atoms with Crippen LogP contribution in [0.15, 0.2) is 12.1 Å². The van der Waals surface area contributed by atoms with Gasteiger partial charge < -0.3 is 19.3 Å². The van der Waals surface area contributed by atoms with E-state index in [0.717, 1.165) is 0 Å². The number of ether oxygens (including phenoxy) is 3. The van der Waals surface area contributed by atoms with Gasteiger partial charge in [0.2, 0.25) is 5.75 Å². The number of ketones is 1. The second-order valence-corrected chi connectivity index (χ2v) is 5.22. The lowest BCUT2D eigenvalue weighted by Gasteiger charge is -2.35. The van der Waals surface area contributed by atoms with Crippen LogP contribution in [-0.4, -0.2) is 36.7 Å². The van der Waals surface area contributed by atoms with E-state index >= 15 is 0 Å². The fourth-order valence-corrected chi connectivity index (χ4v) is 2.45. The summed E-state index contributed by atoms with van der Waals surface area (Å²) >= 11 is 0. The fourth-order valence-electron chi connectivity index (χ4n) is 2.45. The quantitative estimate of drug-likeness (QED) is 0.897. The van der Waals surface area contributed by atoms with Crippen LogP contribution < -0.4 is 14.2 Å². The van der Waals surface area contributed by atoms with E-state index in [1.165, 1.54) is 14.2 Å². The number of carboxylic acids is 1. The van der Waals surface area contributed by atoms with Crippen LogP contribution in [0.2, 0.25) is 0 Å². The van der Waals surface area contributed by atoms with Crippen LogP contribution in [0, 0.1) is 0 Å². The lowest BCUT2D eigenvalue weighted by Crippen LogP contribution is -2.39. The number of fused-ring (bicyclic) bond motifs is 1. The summed E-state index contributed by atoms with van der Waals surface area (Å²) in [5.41, 5.74) is -0.428. The molecule has 0 saturated carbocycles. The highest BCUT2D eigenvalue weighted by Crippen LogP contribution is 2.46. The Balaban J connectivity index is 2.41. The van der Waals surface area contributed by atoms with Gasteiger partial charge in [0.15, 0.2) is 17.3 Å². The van der Waals surface area contributed by atoms with Crippen LogP contribution in [0.25, 0.3) is 0 Å². The first-order valence-electron chi connectivity index (χ1n) is 6.59. The molecule has 1 unspecified atom stereocenters. The van der Waals surface area contributed by atoms with Gasteiger partial charge in [-0.15, -0.1) is 0 Å². The lowest BCUT2D eigenvalue weighted by atomic mass is 9.87. The summed E-state index contributed by atoms with van der Waals surface area (Å²) in [6.45, 7) is 1.73. The van der Waals surface area contributed by atoms with Gasteiger partial charge in [-0.3, -0.25) is 9.59 Å². The summed E-state index contributed by atoms with van der Waals surface area (Å²) in [5.74, 6) is 0.123. The molecule has 1 aromatic rings. The molecule has 1 N–H and O–H groups in total. The van der Waals surface area contributed by atoms with Gasteiger partial charge in [-0.1, -0.05) is 0 Å². The second kappa shape index (κ2) is 5.63. The third-order valence-corrected chi connectivity index (χ3v) is 3.55. The molecule has 0 radical (unpaired) electrons. The summed E-state index contributed by atoms with van der Waals surface area (Å²) in [6, 6.07) is 3.29. The molecule has 0 bridgehead atoms. The van der Waals surface area contributed by atoms with Gasteiger partial charge in [0, 0.05) is 6.42 Å². The van der Waals surface area contributed by atoms with Crippen LogP contribution in [0.1, 0.15) is 36.5 Å². The van der Waals surface area contributed by atoms with Crippen LogP contribution >= 0.6 is 0 Å². The van der Waals surface area contributed by atoms with Crippen LogP contribution in [0.4, 0.5) is 0 Å². The number of rotatable bonds is 5. The van der Waals surface area contributed by atoms with Crippen LogP contribution in [0.3, 0.4) is 0 Å². The molecule has 0 saturated heterocycles. The van der Waals surface area contributed by atoms with Crippen LogP contribution in [-0.2, 0) is 4.79 Å². The van der Waals surface area contributed by atoms with E-state index in [-0.39, 0.29) is 25.0 Å². The monoisotopic (exact) mass is 294 g/mol. The summed E-state index contributed by atoms with van der Waals surface area (Å²) in [4.78, 5) is 23.0. The lowest BCUT2D eigenvalue weighted by molar-refractivity contribution is -0.138. The van der Waals surface area contributed by atoms with Crippen molar-refractivity contribution >= 4 is 11.8 Å². The molecular formula is C15H18O6. The third-order valence-electron chi connectivity index (χ3n) is 3.55. The number of carbonyl (C=O) groups is 2. The van der Waals surface area contributed by atoms with E-state index < -0.39 is 11.6 Å². The van der Waals surface area contributed by atoms with Gasteiger partial charge >= 0.3 is 5.97 Å². The van der Waals surface area contributed by atoms with E-state index in [0.29, 0.717) is 22.8 Å². The molecule has 6 nitrogen and oxygen atoms in total. The number of hydrogen-bond acceptors (Lipinski definition) is 5. The van der Waals surface area contributed by atoms with Gasteiger partial charge in [0.25, 0.3) is 0 Å². The molecule has 6 heteroatoms. The van der Waals surface area contributed by atoms with Crippen molar-refractivity contribution < 1.29 is 28.9 Å². The Kier molecular flexibility index (Phi) is 4.06. The maximum atomic E-state index is 12.3. The number of aliphatic carboxylic acids is 1.